The maximum absolute atomic E-state index is 11.0. The van der Waals surface area contributed by atoms with E-state index in [4.69, 9.17) is 4.74 Å². The van der Waals surface area contributed by atoms with Gasteiger partial charge in [0.1, 0.15) is 0 Å². The van der Waals surface area contributed by atoms with Crippen LogP contribution in [-0.4, -0.2) is 46.3 Å². The second-order valence-electron chi connectivity index (χ2n) is 10.8. The van der Waals surface area contributed by atoms with E-state index < -0.39 is 17.8 Å². The number of aliphatic hydroxyl groups excluding tert-OH is 2. The number of aliphatic hydroxyl groups is 3. The zero-order valence-corrected chi connectivity index (χ0v) is 18.9. The molecule has 0 spiro atoms. The van der Waals surface area contributed by atoms with Crippen molar-refractivity contribution < 1.29 is 20.1 Å². The summed E-state index contributed by atoms with van der Waals surface area (Å²) in [4.78, 5) is 0. The van der Waals surface area contributed by atoms with Crippen LogP contribution < -0.4 is 0 Å². The lowest BCUT2D eigenvalue weighted by atomic mass is 9.50. The molecular formula is C26H38O4. The van der Waals surface area contributed by atoms with Gasteiger partial charge in [-0.3, -0.25) is 0 Å². The largest absolute Gasteiger partial charge is 0.393 e. The average Bonchev–Trinajstić information content (AvgIpc) is 2.98. The van der Waals surface area contributed by atoms with Crippen molar-refractivity contribution in [3.05, 3.63) is 47.1 Å². The van der Waals surface area contributed by atoms with Gasteiger partial charge in [-0.1, -0.05) is 55.4 Å². The minimum atomic E-state index is -0.804. The van der Waals surface area contributed by atoms with Gasteiger partial charge in [0, 0.05) is 11.8 Å². The summed E-state index contributed by atoms with van der Waals surface area (Å²) in [6.07, 6.45) is 14.0. The first-order valence-electron chi connectivity index (χ1n) is 11.5. The van der Waals surface area contributed by atoms with Gasteiger partial charge in [-0.2, -0.15) is 0 Å². The van der Waals surface area contributed by atoms with Crippen molar-refractivity contribution in [2.75, 3.05) is 13.2 Å². The summed E-state index contributed by atoms with van der Waals surface area (Å²) in [6, 6.07) is 0. The smallest absolute Gasteiger partial charge is 0.0772 e. The molecule has 2 fully saturated rings. The van der Waals surface area contributed by atoms with Crippen molar-refractivity contribution in [1.29, 1.82) is 0 Å². The average molecular weight is 415 g/mol. The van der Waals surface area contributed by atoms with Gasteiger partial charge in [-0.25, -0.2) is 0 Å². The van der Waals surface area contributed by atoms with Crippen molar-refractivity contribution in [3.63, 3.8) is 0 Å². The number of rotatable bonds is 5. The van der Waals surface area contributed by atoms with Crippen molar-refractivity contribution >= 4 is 0 Å². The first kappa shape index (κ1) is 22.0. The van der Waals surface area contributed by atoms with Gasteiger partial charge in [0.25, 0.3) is 0 Å². The number of ether oxygens (including phenoxy) is 1. The lowest BCUT2D eigenvalue weighted by Crippen LogP contribution is -2.52. The van der Waals surface area contributed by atoms with E-state index in [-0.39, 0.29) is 10.8 Å². The maximum Gasteiger partial charge on any atom is 0.0772 e. The first-order chi connectivity index (χ1) is 14.1. The molecule has 4 aliphatic carbocycles. The quantitative estimate of drug-likeness (QED) is 0.468. The van der Waals surface area contributed by atoms with E-state index in [9.17, 15) is 15.3 Å². The Bertz CT molecular complexity index is 798. The molecule has 3 N–H and O–H groups in total. The Kier molecular flexibility index (Phi) is 5.68. The summed E-state index contributed by atoms with van der Waals surface area (Å²) in [7, 11) is 0. The monoisotopic (exact) mass is 414 g/mol. The summed E-state index contributed by atoms with van der Waals surface area (Å²) in [5, 5.41) is 30.9. The third-order valence-corrected chi connectivity index (χ3v) is 8.39. The van der Waals surface area contributed by atoms with Crippen LogP contribution in [0.2, 0.25) is 0 Å². The zero-order chi connectivity index (χ0) is 21.7. The lowest BCUT2D eigenvalue weighted by molar-refractivity contribution is -0.0493. The fraction of sp³-hybridized carbons (Fsp3) is 0.692. The Morgan fingerprint density at radius 1 is 1.20 bits per heavy atom. The highest BCUT2D eigenvalue weighted by Crippen LogP contribution is 2.63. The number of allylic oxidation sites excluding steroid dienone is 4. The van der Waals surface area contributed by atoms with Crippen LogP contribution >= 0.6 is 0 Å². The molecular weight excluding hydrogens is 376 g/mol. The summed E-state index contributed by atoms with van der Waals surface area (Å²) in [5.74, 6) is 0.830. The molecule has 0 bridgehead atoms. The molecule has 166 valence electrons. The van der Waals surface area contributed by atoms with E-state index in [1.165, 1.54) is 16.7 Å². The predicted octanol–water partition coefficient (Wildman–Crippen LogP) is 4.08. The van der Waals surface area contributed by atoms with Gasteiger partial charge >= 0.3 is 0 Å². The highest BCUT2D eigenvalue weighted by Gasteiger charge is 2.56. The Labute approximate surface area is 181 Å². The van der Waals surface area contributed by atoms with E-state index in [1.807, 2.05) is 6.08 Å². The normalized spacial score (nSPS) is 41.0. The molecule has 0 aliphatic heterocycles. The molecule has 0 radical (unpaired) electrons. The van der Waals surface area contributed by atoms with Crippen LogP contribution in [-0.2, 0) is 4.74 Å². The zero-order valence-electron chi connectivity index (χ0n) is 18.9. The Morgan fingerprint density at radius 3 is 2.70 bits per heavy atom. The molecule has 0 aromatic carbocycles. The molecule has 4 heteroatoms. The number of hydrogen-bond acceptors (Lipinski definition) is 4. The van der Waals surface area contributed by atoms with Crippen LogP contribution in [0.15, 0.2) is 47.1 Å². The van der Waals surface area contributed by atoms with Gasteiger partial charge in [-0.15, -0.1) is 0 Å². The Balaban J connectivity index is 1.48. The molecule has 0 unspecified atom stereocenters. The van der Waals surface area contributed by atoms with E-state index in [2.05, 4.69) is 32.1 Å². The summed E-state index contributed by atoms with van der Waals surface area (Å²) < 4.78 is 5.93. The SMILES string of the molecule is CC(C)(O)/C=C\COCC1=CC[C@H]2C3=CC=C4C[C@@H](O)C[C@H](O)[C@]4(C)[C@H]3CC[C@]12C. The summed E-state index contributed by atoms with van der Waals surface area (Å²) in [6.45, 7) is 9.26. The van der Waals surface area contributed by atoms with Gasteiger partial charge in [0.2, 0.25) is 0 Å². The fourth-order valence-corrected chi connectivity index (χ4v) is 6.52. The van der Waals surface area contributed by atoms with Crippen molar-refractivity contribution in [1.82, 2.24) is 0 Å². The van der Waals surface area contributed by atoms with Crippen molar-refractivity contribution in [2.45, 2.75) is 77.6 Å². The Morgan fingerprint density at radius 2 is 1.97 bits per heavy atom. The van der Waals surface area contributed by atoms with Gasteiger partial charge in [0.15, 0.2) is 0 Å². The van der Waals surface area contributed by atoms with E-state index in [0.29, 0.717) is 37.9 Å². The minimum Gasteiger partial charge on any atom is -0.393 e. The van der Waals surface area contributed by atoms with Gasteiger partial charge < -0.3 is 20.1 Å². The van der Waals surface area contributed by atoms with Crippen molar-refractivity contribution in [3.8, 4) is 0 Å². The fourth-order valence-electron chi connectivity index (χ4n) is 6.52. The summed E-state index contributed by atoms with van der Waals surface area (Å²) in [5.41, 5.74) is 3.16. The first-order valence-corrected chi connectivity index (χ1v) is 11.5. The molecule has 4 rings (SSSR count). The minimum absolute atomic E-state index is 0.114. The molecule has 0 heterocycles. The van der Waals surface area contributed by atoms with Crippen LogP contribution in [0.5, 0.6) is 0 Å². The van der Waals surface area contributed by atoms with Crippen LogP contribution in [0.4, 0.5) is 0 Å². The van der Waals surface area contributed by atoms with Crippen LogP contribution in [0.1, 0.15) is 59.8 Å². The predicted molar refractivity (Wildman–Crippen MR) is 119 cm³/mol. The number of fused-ring (bicyclic) bond motifs is 5. The third-order valence-electron chi connectivity index (χ3n) is 8.39. The molecule has 4 nitrogen and oxygen atoms in total. The second-order valence-corrected chi connectivity index (χ2v) is 10.8. The van der Waals surface area contributed by atoms with E-state index in [0.717, 1.165) is 19.3 Å². The molecule has 0 aromatic rings. The number of hydrogen-bond donors (Lipinski definition) is 3. The van der Waals surface area contributed by atoms with E-state index >= 15 is 0 Å². The molecule has 2 saturated carbocycles. The molecule has 6 atom stereocenters. The van der Waals surface area contributed by atoms with E-state index in [1.54, 1.807) is 19.9 Å². The molecule has 30 heavy (non-hydrogen) atoms. The third kappa shape index (κ3) is 3.66. The highest BCUT2D eigenvalue weighted by atomic mass is 16.5. The highest BCUT2D eigenvalue weighted by molar-refractivity contribution is 5.43. The molecule has 0 aromatic heterocycles. The van der Waals surface area contributed by atoms with Crippen molar-refractivity contribution in [2.24, 2.45) is 22.7 Å². The van der Waals surface area contributed by atoms with Gasteiger partial charge in [0.05, 0.1) is 31.0 Å². The summed E-state index contributed by atoms with van der Waals surface area (Å²) >= 11 is 0. The van der Waals surface area contributed by atoms with Gasteiger partial charge in [-0.05, 0) is 62.4 Å². The Hall–Kier alpha value is -1.20. The topological polar surface area (TPSA) is 69.9 Å². The van der Waals surface area contributed by atoms with Crippen LogP contribution in [0.25, 0.3) is 0 Å². The molecule has 4 aliphatic rings. The van der Waals surface area contributed by atoms with Crippen LogP contribution in [0, 0.1) is 22.7 Å². The standard InChI is InChI=1S/C26H38O4/c1-24(2,29)11-5-13-30-16-18-7-9-21-20-8-6-17-14-19(27)15-23(28)26(17,4)22(20)10-12-25(18,21)3/h5-8,11,19,21-23,27-29H,9-10,12-16H2,1-4H3/b11-5-/t19-,21+,22+,23+,25-,26+/m1/s1. The van der Waals surface area contributed by atoms with Crippen LogP contribution in [0.3, 0.4) is 0 Å². The molecule has 0 amide bonds. The lowest BCUT2D eigenvalue weighted by Gasteiger charge is -2.56. The maximum atomic E-state index is 11.0. The molecule has 0 saturated heterocycles. The second kappa shape index (κ2) is 7.74.